The summed E-state index contributed by atoms with van der Waals surface area (Å²) in [6.07, 6.45) is 0.903. The summed E-state index contributed by atoms with van der Waals surface area (Å²) < 4.78 is 5.45. The lowest BCUT2D eigenvalue weighted by atomic mass is 10.0. The second-order valence-electron chi connectivity index (χ2n) is 7.86. The minimum atomic E-state index is 0.485. The van der Waals surface area contributed by atoms with Crippen LogP contribution in [0.25, 0.3) is 0 Å². The van der Waals surface area contributed by atoms with Crippen molar-refractivity contribution in [3.63, 3.8) is 0 Å². The summed E-state index contributed by atoms with van der Waals surface area (Å²) in [5, 5.41) is 6.86. The normalized spacial score (nSPS) is 17.6. The molecule has 1 aliphatic heterocycles. The first-order valence-electron chi connectivity index (χ1n) is 10.6. The van der Waals surface area contributed by atoms with Gasteiger partial charge in [0.15, 0.2) is 5.96 Å². The Bertz CT molecular complexity index is 596. The second kappa shape index (κ2) is 11.9. The number of piperazine rings is 1. The first-order chi connectivity index (χ1) is 13.5. The Kier molecular flexibility index (Phi) is 9.58. The Hall–Kier alpha value is -1.79. The van der Waals surface area contributed by atoms with Crippen molar-refractivity contribution in [2.75, 3.05) is 60.0 Å². The van der Waals surface area contributed by atoms with Crippen molar-refractivity contribution >= 4 is 5.96 Å². The first-order valence-corrected chi connectivity index (χ1v) is 10.6. The largest absolute Gasteiger partial charge is 0.496 e. The third-order valence-electron chi connectivity index (χ3n) is 5.44. The van der Waals surface area contributed by atoms with E-state index in [-0.39, 0.29) is 0 Å². The van der Waals surface area contributed by atoms with E-state index in [0.717, 1.165) is 63.9 Å². The summed E-state index contributed by atoms with van der Waals surface area (Å²) in [4.78, 5) is 9.92. The maximum atomic E-state index is 5.45. The molecule has 0 radical (unpaired) electrons. The SMILES string of the molecule is CCNC(=NCC(C(C)C)N1CCN(C)CC1)NCCc1ccccc1OC. The second-order valence-corrected chi connectivity index (χ2v) is 7.86. The van der Waals surface area contributed by atoms with E-state index >= 15 is 0 Å². The molecule has 0 amide bonds. The molecule has 6 nitrogen and oxygen atoms in total. The molecule has 1 aromatic carbocycles. The predicted octanol–water partition coefficient (Wildman–Crippen LogP) is 2.06. The van der Waals surface area contributed by atoms with Crippen LogP contribution in [0.15, 0.2) is 29.3 Å². The minimum absolute atomic E-state index is 0.485. The molecule has 0 aliphatic carbocycles. The molecule has 0 bridgehead atoms. The van der Waals surface area contributed by atoms with E-state index in [0.29, 0.717) is 12.0 Å². The Balaban J connectivity index is 1.92. The third-order valence-corrected chi connectivity index (χ3v) is 5.44. The lowest BCUT2D eigenvalue weighted by Crippen LogP contribution is -2.52. The van der Waals surface area contributed by atoms with Crippen LogP contribution in [0.4, 0.5) is 0 Å². The van der Waals surface area contributed by atoms with Crippen molar-refractivity contribution in [2.45, 2.75) is 33.2 Å². The number of aliphatic imine (C=N–C) groups is 1. The number of methoxy groups -OCH3 is 1. The molecule has 1 unspecified atom stereocenters. The van der Waals surface area contributed by atoms with Gasteiger partial charge < -0.3 is 20.3 Å². The number of hydrogen-bond acceptors (Lipinski definition) is 4. The maximum Gasteiger partial charge on any atom is 0.191 e. The number of likely N-dealkylation sites (N-methyl/N-ethyl adjacent to an activating group) is 1. The Morgan fingerprint density at radius 3 is 2.50 bits per heavy atom. The highest BCUT2D eigenvalue weighted by atomic mass is 16.5. The predicted molar refractivity (Wildman–Crippen MR) is 118 cm³/mol. The lowest BCUT2D eigenvalue weighted by molar-refractivity contribution is 0.0925. The van der Waals surface area contributed by atoms with Gasteiger partial charge in [0.05, 0.1) is 13.7 Å². The molecule has 28 heavy (non-hydrogen) atoms. The average Bonchev–Trinajstić information content (AvgIpc) is 2.69. The van der Waals surface area contributed by atoms with Gasteiger partial charge in [-0.3, -0.25) is 9.89 Å². The molecule has 0 spiro atoms. The fourth-order valence-electron chi connectivity index (χ4n) is 3.65. The number of nitrogens with one attached hydrogen (secondary N) is 2. The van der Waals surface area contributed by atoms with Crippen LogP contribution in [0.3, 0.4) is 0 Å². The van der Waals surface area contributed by atoms with Gasteiger partial charge in [0.1, 0.15) is 5.75 Å². The number of nitrogens with zero attached hydrogens (tertiary/aromatic N) is 3. The fourth-order valence-corrected chi connectivity index (χ4v) is 3.65. The van der Waals surface area contributed by atoms with Crippen LogP contribution in [0, 0.1) is 5.92 Å². The van der Waals surface area contributed by atoms with E-state index in [1.54, 1.807) is 7.11 Å². The summed E-state index contributed by atoms with van der Waals surface area (Å²) in [7, 11) is 3.93. The molecular weight excluding hydrogens is 350 g/mol. The van der Waals surface area contributed by atoms with Crippen LogP contribution in [0.1, 0.15) is 26.3 Å². The minimum Gasteiger partial charge on any atom is -0.496 e. The molecular formula is C22H39N5O. The standard InChI is InChI=1S/C22H39N5O/c1-6-23-22(24-12-11-19-9-7-8-10-21(19)28-5)25-17-20(18(2)3)27-15-13-26(4)14-16-27/h7-10,18,20H,6,11-17H2,1-5H3,(H2,23,24,25). The molecule has 1 fully saturated rings. The summed E-state index contributed by atoms with van der Waals surface area (Å²) in [6.45, 7) is 13.8. The quantitative estimate of drug-likeness (QED) is 0.500. The van der Waals surface area contributed by atoms with Crippen molar-refractivity contribution in [1.29, 1.82) is 0 Å². The smallest absolute Gasteiger partial charge is 0.191 e. The van der Waals surface area contributed by atoms with E-state index in [4.69, 9.17) is 9.73 Å². The van der Waals surface area contributed by atoms with E-state index in [1.807, 2.05) is 12.1 Å². The van der Waals surface area contributed by atoms with Crippen LogP contribution >= 0.6 is 0 Å². The zero-order chi connectivity index (χ0) is 20.4. The van der Waals surface area contributed by atoms with E-state index in [1.165, 1.54) is 5.56 Å². The van der Waals surface area contributed by atoms with Gasteiger partial charge in [-0.15, -0.1) is 0 Å². The van der Waals surface area contributed by atoms with E-state index < -0.39 is 0 Å². The lowest BCUT2D eigenvalue weighted by Gasteiger charge is -2.39. The molecule has 0 aromatic heterocycles. The highest BCUT2D eigenvalue weighted by Gasteiger charge is 2.24. The van der Waals surface area contributed by atoms with Crippen LogP contribution in [-0.4, -0.2) is 81.8 Å². The number of guanidine groups is 1. The van der Waals surface area contributed by atoms with Gasteiger partial charge in [0, 0.05) is 45.3 Å². The Labute approximate surface area is 171 Å². The highest BCUT2D eigenvalue weighted by Crippen LogP contribution is 2.17. The maximum absolute atomic E-state index is 5.45. The topological polar surface area (TPSA) is 52.1 Å². The van der Waals surface area contributed by atoms with Gasteiger partial charge in [-0.05, 0) is 37.9 Å². The van der Waals surface area contributed by atoms with Crippen molar-refractivity contribution < 1.29 is 4.74 Å². The molecule has 2 N–H and O–H groups in total. The number of para-hydroxylation sites is 1. The number of rotatable bonds is 9. The van der Waals surface area contributed by atoms with Crippen LogP contribution in [0.2, 0.25) is 0 Å². The van der Waals surface area contributed by atoms with Crippen LogP contribution in [0.5, 0.6) is 5.75 Å². The first kappa shape index (κ1) is 22.5. The summed E-state index contributed by atoms with van der Waals surface area (Å²) in [5.41, 5.74) is 1.21. The summed E-state index contributed by atoms with van der Waals surface area (Å²) >= 11 is 0. The van der Waals surface area contributed by atoms with Crippen molar-refractivity contribution in [2.24, 2.45) is 10.9 Å². The summed E-state index contributed by atoms with van der Waals surface area (Å²) in [5.74, 6) is 2.43. The van der Waals surface area contributed by atoms with Gasteiger partial charge in [0.2, 0.25) is 0 Å². The van der Waals surface area contributed by atoms with Crippen molar-refractivity contribution in [3.8, 4) is 5.75 Å². The Morgan fingerprint density at radius 1 is 1.14 bits per heavy atom. The molecule has 1 heterocycles. The number of ether oxygens (including phenoxy) is 1. The molecule has 158 valence electrons. The van der Waals surface area contributed by atoms with Gasteiger partial charge >= 0.3 is 0 Å². The van der Waals surface area contributed by atoms with Gasteiger partial charge in [-0.2, -0.15) is 0 Å². The average molecular weight is 390 g/mol. The van der Waals surface area contributed by atoms with E-state index in [9.17, 15) is 0 Å². The van der Waals surface area contributed by atoms with Crippen molar-refractivity contribution in [3.05, 3.63) is 29.8 Å². The number of hydrogen-bond donors (Lipinski definition) is 2. The molecule has 6 heteroatoms. The van der Waals surface area contributed by atoms with Crippen LogP contribution < -0.4 is 15.4 Å². The fraction of sp³-hybridized carbons (Fsp3) is 0.682. The zero-order valence-corrected chi connectivity index (χ0v) is 18.4. The monoisotopic (exact) mass is 389 g/mol. The zero-order valence-electron chi connectivity index (χ0n) is 18.4. The molecule has 1 aromatic rings. The highest BCUT2D eigenvalue weighted by molar-refractivity contribution is 5.79. The van der Waals surface area contributed by atoms with Gasteiger partial charge in [-0.1, -0.05) is 32.0 Å². The van der Waals surface area contributed by atoms with Crippen molar-refractivity contribution in [1.82, 2.24) is 20.4 Å². The Morgan fingerprint density at radius 2 is 1.86 bits per heavy atom. The number of benzene rings is 1. The molecule has 1 saturated heterocycles. The van der Waals surface area contributed by atoms with Gasteiger partial charge in [-0.25, -0.2) is 0 Å². The third kappa shape index (κ3) is 6.99. The summed E-state index contributed by atoms with van der Waals surface area (Å²) in [6, 6.07) is 8.68. The molecule has 2 rings (SSSR count). The molecule has 1 atom stereocenters. The molecule has 0 saturated carbocycles. The van der Waals surface area contributed by atoms with Gasteiger partial charge in [0.25, 0.3) is 0 Å². The molecule has 1 aliphatic rings. The van der Waals surface area contributed by atoms with Crippen LogP contribution in [-0.2, 0) is 6.42 Å². The van der Waals surface area contributed by atoms with E-state index in [2.05, 4.69) is 60.4 Å².